The van der Waals surface area contributed by atoms with Crippen molar-refractivity contribution >= 4 is 5.69 Å². The van der Waals surface area contributed by atoms with Crippen LogP contribution < -0.4 is 5.32 Å². The molecule has 0 aliphatic heterocycles. The minimum absolute atomic E-state index is 0.0797. The van der Waals surface area contributed by atoms with Crippen LogP contribution in [0.4, 0.5) is 14.5 Å². The lowest BCUT2D eigenvalue weighted by Crippen LogP contribution is -2.05. The largest absolute Gasteiger partial charge is 0.341 e. The topological polar surface area (TPSA) is 83.8 Å². The number of nitrogens with zero attached hydrogens (tertiary/aromatic N) is 2. The van der Waals surface area contributed by atoms with Crippen molar-refractivity contribution < 1.29 is 13.7 Å². The molecule has 0 atom stereocenters. The van der Waals surface area contributed by atoms with Crippen molar-refractivity contribution in [3.05, 3.63) is 45.8 Å². The van der Waals surface area contributed by atoms with E-state index in [-0.39, 0.29) is 5.82 Å². The summed E-state index contributed by atoms with van der Waals surface area (Å²) in [6.07, 6.45) is 1.41. The Morgan fingerprint density at radius 1 is 1.47 bits per heavy atom. The smallest absolute Gasteiger partial charge is 0.305 e. The fourth-order valence-electron chi connectivity index (χ4n) is 1.67. The van der Waals surface area contributed by atoms with E-state index < -0.39 is 27.8 Å². The summed E-state index contributed by atoms with van der Waals surface area (Å²) >= 11 is 0. The molecule has 0 fully saturated rings. The number of nitro groups is 1. The average Bonchev–Trinajstić information content (AvgIpc) is 2.77. The highest BCUT2D eigenvalue weighted by atomic mass is 19.1. The summed E-state index contributed by atoms with van der Waals surface area (Å²) in [4.78, 5) is 16.3. The third-order valence-corrected chi connectivity index (χ3v) is 2.50. The Bertz CT molecular complexity index is 627. The van der Waals surface area contributed by atoms with Gasteiger partial charge in [0.2, 0.25) is 5.82 Å². The van der Waals surface area contributed by atoms with Gasteiger partial charge in [-0.2, -0.15) is 4.39 Å². The van der Waals surface area contributed by atoms with Crippen molar-refractivity contribution in [3.63, 3.8) is 0 Å². The van der Waals surface area contributed by atoms with E-state index in [2.05, 4.69) is 15.3 Å². The normalized spacial score (nSPS) is 10.7. The number of hydrogen-bond donors (Lipinski definition) is 2. The second-order valence-electron chi connectivity index (χ2n) is 3.80. The van der Waals surface area contributed by atoms with Crippen LogP contribution in [-0.4, -0.2) is 21.9 Å². The van der Waals surface area contributed by atoms with Crippen LogP contribution in [0.2, 0.25) is 0 Å². The fourth-order valence-corrected chi connectivity index (χ4v) is 1.67. The number of nitrogens with one attached hydrogen (secondary N) is 2. The first-order chi connectivity index (χ1) is 9.04. The molecule has 0 radical (unpaired) electrons. The van der Waals surface area contributed by atoms with Crippen LogP contribution >= 0.6 is 0 Å². The standard InChI is InChI=1S/C11H10F2N4O2/c1-14-4-6-5-15-11(16-6)9-7(12)2-3-8(10(9)13)17(18)19/h2-3,5,14H,4H2,1H3,(H,15,16). The van der Waals surface area contributed by atoms with E-state index in [1.807, 2.05) is 0 Å². The summed E-state index contributed by atoms with van der Waals surface area (Å²) in [6.45, 7) is 0.436. The first-order valence-corrected chi connectivity index (χ1v) is 5.35. The Labute approximate surface area is 106 Å². The van der Waals surface area contributed by atoms with Gasteiger partial charge in [-0.25, -0.2) is 9.37 Å². The molecule has 19 heavy (non-hydrogen) atoms. The Morgan fingerprint density at radius 3 is 2.84 bits per heavy atom. The van der Waals surface area contributed by atoms with Crippen molar-refractivity contribution in [3.8, 4) is 11.4 Å². The molecule has 2 N–H and O–H groups in total. The Hall–Kier alpha value is -2.35. The number of hydrogen-bond acceptors (Lipinski definition) is 4. The maximum Gasteiger partial charge on any atom is 0.305 e. The van der Waals surface area contributed by atoms with Gasteiger partial charge in [0.15, 0.2) is 0 Å². The second kappa shape index (κ2) is 5.11. The zero-order chi connectivity index (χ0) is 14.0. The highest BCUT2D eigenvalue weighted by molar-refractivity contribution is 5.61. The minimum atomic E-state index is -1.24. The summed E-state index contributed by atoms with van der Waals surface area (Å²) in [5.41, 5.74) is -0.706. The van der Waals surface area contributed by atoms with Crippen LogP contribution in [0.5, 0.6) is 0 Å². The first kappa shape index (κ1) is 13.1. The van der Waals surface area contributed by atoms with Crippen molar-refractivity contribution in [1.29, 1.82) is 0 Å². The summed E-state index contributed by atoms with van der Waals surface area (Å²) in [5.74, 6) is -2.23. The number of imidazole rings is 1. The molecule has 2 rings (SSSR count). The molecule has 0 saturated heterocycles. The van der Waals surface area contributed by atoms with Gasteiger partial charge in [-0.1, -0.05) is 0 Å². The maximum atomic E-state index is 13.9. The fraction of sp³-hybridized carbons (Fsp3) is 0.182. The molecule has 8 heteroatoms. The summed E-state index contributed by atoms with van der Waals surface area (Å²) in [5, 5.41) is 13.5. The van der Waals surface area contributed by atoms with Crippen LogP contribution in [0.25, 0.3) is 11.4 Å². The quantitative estimate of drug-likeness (QED) is 0.656. The minimum Gasteiger partial charge on any atom is -0.341 e. The Balaban J connectivity index is 2.53. The summed E-state index contributed by atoms with van der Waals surface area (Å²) < 4.78 is 27.5. The molecule has 6 nitrogen and oxygen atoms in total. The molecule has 0 aliphatic rings. The van der Waals surface area contributed by atoms with Gasteiger partial charge >= 0.3 is 5.69 Å². The number of H-pyrrole nitrogens is 1. The lowest BCUT2D eigenvalue weighted by Gasteiger charge is -2.02. The van der Waals surface area contributed by atoms with E-state index in [0.717, 1.165) is 12.1 Å². The summed E-state index contributed by atoms with van der Waals surface area (Å²) in [7, 11) is 1.70. The van der Waals surface area contributed by atoms with E-state index >= 15 is 0 Å². The molecule has 1 aromatic carbocycles. The van der Waals surface area contributed by atoms with Gasteiger partial charge in [0, 0.05) is 24.5 Å². The molecule has 100 valence electrons. The Morgan fingerprint density at radius 2 is 2.21 bits per heavy atom. The first-order valence-electron chi connectivity index (χ1n) is 5.35. The molecule has 1 heterocycles. The van der Waals surface area contributed by atoms with Crippen molar-refractivity contribution in [2.45, 2.75) is 6.54 Å². The lowest BCUT2D eigenvalue weighted by molar-refractivity contribution is -0.387. The maximum absolute atomic E-state index is 13.9. The molecule has 0 amide bonds. The van der Waals surface area contributed by atoms with Crippen LogP contribution in [-0.2, 0) is 6.54 Å². The lowest BCUT2D eigenvalue weighted by atomic mass is 10.1. The third kappa shape index (κ3) is 2.43. The molecule has 1 aromatic heterocycles. The molecular formula is C11H10F2N4O2. The van der Waals surface area contributed by atoms with Gasteiger partial charge in [-0.3, -0.25) is 10.1 Å². The van der Waals surface area contributed by atoms with E-state index in [1.54, 1.807) is 7.05 Å². The van der Waals surface area contributed by atoms with Gasteiger partial charge in [-0.05, 0) is 13.1 Å². The molecule has 0 saturated carbocycles. The highest BCUT2D eigenvalue weighted by Crippen LogP contribution is 2.29. The molecule has 0 bridgehead atoms. The van der Waals surface area contributed by atoms with Crippen LogP contribution in [0.1, 0.15) is 5.69 Å². The highest BCUT2D eigenvalue weighted by Gasteiger charge is 2.24. The predicted octanol–water partition coefficient (Wildman–Crippen LogP) is 1.98. The zero-order valence-corrected chi connectivity index (χ0v) is 9.91. The molecule has 2 aromatic rings. The molecule has 0 unspecified atom stereocenters. The number of aromatic nitrogens is 2. The molecule has 0 aliphatic carbocycles. The van der Waals surface area contributed by atoms with Gasteiger partial charge in [-0.15, -0.1) is 0 Å². The number of benzene rings is 1. The monoisotopic (exact) mass is 268 g/mol. The van der Waals surface area contributed by atoms with Crippen LogP contribution in [0.3, 0.4) is 0 Å². The van der Waals surface area contributed by atoms with Crippen molar-refractivity contribution in [2.75, 3.05) is 7.05 Å². The second-order valence-corrected chi connectivity index (χ2v) is 3.80. The van der Waals surface area contributed by atoms with Gasteiger partial charge in [0.1, 0.15) is 11.6 Å². The van der Waals surface area contributed by atoms with Gasteiger partial charge in [0.25, 0.3) is 0 Å². The third-order valence-electron chi connectivity index (χ3n) is 2.50. The molecular weight excluding hydrogens is 258 g/mol. The predicted molar refractivity (Wildman–Crippen MR) is 63.4 cm³/mol. The van der Waals surface area contributed by atoms with Gasteiger partial charge < -0.3 is 10.3 Å². The number of nitro benzene ring substituents is 1. The van der Waals surface area contributed by atoms with Crippen LogP contribution in [0.15, 0.2) is 18.3 Å². The van der Waals surface area contributed by atoms with Crippen molar-refractivity contribution in [1.82, 2.24) is 15.3 Å². The SMILES string of the molecule is CNCc1cnc(-c2c(F)ccc([N+](=O)[O-])c2F)[nH]1. The van der Waals surface area contributed by atoms with E-state index in [4.69, 9.17) is 0 Å². The Kier molecular flexibility index (Phi) is 3.52. The average molecular weight is 268 g/mol. The van der Waals surface area contributed by atoms with Gasteiger partial charge in [0.05, 0.1) is 10.5 Å². The number of aromatic amines is 1. The summed E-state index contributed by atoms with van der Waals surface area (Å²) in [6, 6.07) is 1.63. The van der Waals surface area contributed by atoms with Crippen LogP contribution in [0, 0.1) is 21.7 Å². The van der Waals surface area contributed by atoms with E-state index in [1.165, 1.54) is 6.20 Å². The number of halogens is 2. The number of rotatable bonds is 4. The van der Waals surface area contributed by atoms with E-state index in [0.29, 0.717) is 12.2 Å². The zero-order valence-electron chi connectivity index (χ0n) is 9.91. The van der Waals surface area contributed by atoms with Crippen molar-refractivity contribution in [2.24, 2.45) is 0 Å². The van der Waals surface area contributed by atoms with E-state index in [9.17, 15) is 18.9 Å². The molecule has 0 spiro atoms.